The predicted octanol–water partition coefficient (Wildman–Crippen LogP) is 2.52. The summed E-state index contributed by atoms with van der Waals surface area (Å²) in [5, 5.41) is 23.6. The predicted molar refractivity (Wildman–Crippen MR) is 80.3 cm³/mol. The smallest absolute Gasteiger partial charge is 0.273 e. The van der Waals surface area contributed by atoms with Gasteiger partial charge in [-0.1, -0.05) is 6.07 Å². The fourth-order valence-electron chi connectivity index (χ4n) is 1.70. The maximum atomic E-state index is 11.7. The van der Waals surface area contributed by atoms with Crippen molar-refractivity contribution < 1.29 is 19.4 Å². The maximum absolute atomic E-state index is 11.7. The van der Waals surface area contributed by atoms with Gasteiger partial charge in [0.1, 0.15) is 5.75 Å². The van der Waals surface area contributed by atoms with Crippen LogP contribution in [0.5, 0.6) is 5.75 Å². The molecule has 9 heteroatoms. The lowest BCUT2D eigenvalue weighted by atomic mass is 10.3. The van der Waals surface area contributed by atoms with Gasteiger partial charge in [0.05, 0.1) is 15.9 Å². The Labute approximate surface area is 129 Å². The molecule has 0 radical (unpaired) electrons. The standard InChI is InChI=1S/C14H11N3O6/c18-14(15-10-4-6-11(7-5-10)16(19)20)9-23-13-3-1-2-12(8-13)17(21)22/h1-8H,9H2,(H,15,18). The van der Waals surface area contributed by atoms with Gasteiger partial charge in [0.25, 0.3) is 17.3 Å². The van der Waals surface area contributed by atoms with Crippen LogP contribution in [-0.4, -0.2) is 22.4 Å². The summed E-state index contributed by atoms with van der Waals surface area (Å²) in [6.45, 7) is -0.349. The van der Waals surface area contributed by atoms with E-state index in [0.29, 0.717) is 5.69 Å². The second-order valence-electron chi connectivity index (χ2n) is 4.40. The monoisotopic (exact) mass is 317 g/mol. The van der Waals surface area contributed by atoms with Gasteiger partial charge in [0.15, 0.2) is 6.61 Å². The molecular weight excluding hydrogens is 306 g/mol. The quantitative estimate of drug-likeness (QED) is 0.644. The van der Waals surface area contributed by atoms with E-state index in [1.54, 1.807) is 0 Å². The second-order valence-corrected chi connectivity index (χ2v) is 4.40. The molecule has 0 aliphatic heterocycles. The van der Waals surface area contributed by atoms with Crippen molar-refractivity contribution in [3.8, 4) is 5.75 Å². The van der Waals surface area contributed by atoms with Crippen LogP contribution in [0.4, 0.5) is 17.1 Å². The van der Waals surface area contributed by atoms with Gasteiger partial charge in [-0.25, -0.2) is 0 Å². The fraction of sp³-hybridized carbons (Fsp3) is 0.0714. The van der Waals surface area contributed by atoms with Gasteiger partial charge in [-0.3, -0.25) is 25.0 Å². The van der Waals surface area contributed by atoms with E-state index in [-0.39, 0.29) is 23.7 Å². The van der Waals surface area contributed by atoms with Crippen LogP contribution >= 0.6 is 0 Å². The number of hydrogen-bond donors (Lipinski definition) is 1. The molecule has 23 heavy (non-hydrogen) atoms. The first-order valence-corrected chi connectivity index (χ1v) is 6.37. The minimum Gasteiger partial charge on any atom is -0.484 e. The molecule has 0 saturated carbocycles. The number of nitrogens with one attached hydrogen (secondary N) is 1. The van der Waals surface area contributed by atoms with Crippen molar-refractivity contribution in [3.63, 3.8) is 0 Å². The van der Waals surface area contributed by atoms with Crippen molar-refractivity contribution in [1.29, 1.82) is 0 Å². The lowest BCUT2D eigenvalue weighted by molar-refractivity contribution is -0.385. The number of ether oxygens (including phenoxy) is 1. The van der Waals surface area contributed by atoms with Gasteiger partial charge in [0, 0.05) is 23.9 Å². The Morgan fingerprint density at radius 1 is 1.00 bits per heavy atom. The molecule has 0 bridgehead atoms. The van der Waals surface area contributed by atoms with Crippen LogP contribution in [0.2, 0.25) is 0 Å². The third-order valence-electron chi connectivity index (χ3n) is 2.76. The lowest BCUT2D eigenvalue weighted by Crippen LogP contribution is -2.20. The summed E-state index contributed by atoms with van der Waals surface area (Å²) in [6, 6.07) is 10.8. The van der Waals surface area contributed by atoms with Crippen LogP contribution < -0.4 is 10.1 Å². The first-order chi connectivity index (χ1) is 11.0. The number of rotatable bonds is 6. The molecule has 0 heterocycles. The molecule has 0 unspecified atom stereocenters. The molecular formula is C14H11N3O6. The van der Waals surface area contributed by atoms with Crippen LogP contribution in [-0.2, 0) is 4.79 Å². The maximum Gasteiger partial charge on any atom is 0.273 e. The molecule has 0 aliphatic rings. The van der Waals surface area contributed by atoms with Crippen molar-refractivity contribution in [2.75, 3.05) is 11.9 Å². The largest absolute Gasteiger partial charge is 0.484 e. The minimum atomic E-state index is -0.566. The highest BCUT2D eigenvalue weighted by Gasteiger charge is 2.09. The summed E-state index contributed by atoms with van der Waals surface area (Å²) in [5.74, 6) is -0.302. The van der Waals surface area contributed by atoms with Crippen LogP contribution in [0, 0.1) is 20.2 Å². The molecule has 0 aliphatic carbocycles. The van der Waals surface area contributed by atoms with Crippen LogP contribution in [0.15, 0.2) is 48.5 Å². The van der Waals surface area contributed by atoms with Gasteiger partial charge in [-0.2, -0.15) is 0 Å². The molecule has 2 rings (SSSR count). The normalized spacial score (nSPS) is 9.91. The number of benzene rings is 2. The molecule has 0 saturated heterocycles. The molecule has 1 amide bonds. The lowest BCUT2D eigenvalue weighted by Gasteiger charge is -2.07. The number of nitro groups is 2. The van der Waals surface area contributed by atoms with Crippen molar-refractivity contribution >= 4 is 23.0 Å². The Morgan fingerprint density at radius 2 is 1.65 bits per heavy atom. The summed E-state index contributed by atoms with van der Waals surface area (Å²) >= 11 is 0. The van der Waals surface area contributed by atoms with Gasteiger partial charge < -0.3 is 10.1 Å². The number of amides is 1. The fourth-order valence-corrected chi connectivity index (χ4v) is 1.70. The average molecular weight is 317 g/mol. The van der Waals surface area contributed by atoms with E-state index < -0.39 is 15.8 Å². The first-order valence-electron chi connectivity index (χ1n) is 6.37. The van der Waals surface area contributed by atoms with E-state index in [1.165, 1.54) is 48.5 Å². The highest BCUT2D eigenvalue weighted by atomic mass is 16.6. The Bertz CT molecular complexity index is 744. The second kappa shape index (κ2) is 6.98. The van der Waals surface area contributed by atoms with Gasteiger partial charge in [-0.15, -0.1) is 0 Å². The molecule has 0 fully saturated rings. The zero-order chi connectivity index (χ0) is 16.8. The van der Waals surface area contributed by atoms with E-state index in [9.17, 15) is 25.0 Å². The van der Waals surface area contributed by atoms with E-state index in [1.807, 2.05) is 0 Å². The van der Waals surface area contributed by atoms with Crippen molar-refractivity contribution in [1.82, 2.24) is 0 Å². The third-order valence-corrected chi connectivity index (χ3v) is 2.76. The molecule has 0 spiro atoms. The molecule has 2 aromatic rings. The third kappa shape index (κ3) is 4.49. The number of non-ortho nitro benzene ring substituents is 2. The van der Waals surface area contributed by atoms with E-state index in [0.717, 1.165) is 0 Å². The molecule has 0 atom stereocenters. The zero-order valence-corrected chi connectivity index (χ0v) is 11.7. The summed E-state index contributed by atoms with van der Waals surface area (Å²) in [4.78, 5) is 31.8. The topological polar surface area (TPSA) is 125 Å². The molecule has 118 valence electrons. The van der Waals surface area contributed by atoms with Crippen molar-refractivity contribution in [2.45, 2.75) is 0 Å². The number of nitro benzene ring substituents is 2. The Balaban J connectivity index is 1.91. The zero-order valence-electron chi connectivity index (χ0n) is 11.7. The summed E-state index contributed by atoms with van der Waals surface area (Å²) < 4.78 is 5.17. The Hall–Kier alpha value is -3.49. The van der Waals surface area contributed by atoms with Gasteiger partial charge in [0.2, 0.25) is 0 Å². The van der Waals surface area contributed by atoms with Crippen molar-refractivity contribution in [2.24, 2.45) is 0 Å². The summed E-state index contributed by atoms with van der Waals surface area (Å²) in [7, 11) is 0. The molecule has 9 nitrogen and oxygen atoms in total. The minimum absolute atomic E-state index is 0.0872. The van der Waals surface area contributed by atoms with Crippen LogP contribution in [0.3, 0.4) is 0 Å². The number of anilines is 1. The Morgan fingerprint density at radius 3 is 2.26 bits per heavy atom. The number of hydrogen-bond acceptors (Lipinski definition) is 6. The SMILES string of the molecule is O=C(COc1cccc([N+](=O)[O-])c1)Nc1ccc([N+](=O)[O-])cc1. The molecule has 2 aromatic carbocycles. The molecule has 0 aromatic heterocycles. The van der Waals surface area contributed by atoms with E-state index >= 15 is 0 Å². The van der Waals surface area contributed by atoms with Crippen LogP contribution in [0.25, 0.3) is 0 Å². The average Bonchev–Trinajstić information content (AvgIpc) is 2.53. The van der Waals surface area contributed by atoms with Crippen molar-refractivity contribution in [3.05, 3.63) is 68.8 Å². The number of carbonyl (C=O) groups excluding carboxylic acids is 1. The first kappa shape index (κ1) is 15.9. The summed E-state index contributed by atoms with van der Waals surface area (Å²) in [6.07, 6.45) is 0. The van der Waals surface area contributed by atoms with Crippen LogP contribution in [0.1, 0.15) is 0 Å². The Kier molecular flexibility index (Phi) is 4.82. The van der Waals surface area contributed by atoms with Gasteiger partial charge >= 0.3 is 0 Å². The number of carbonyl (C=O) groups is 1. The number of nitrogens with zero attached hydrogens (tertiary/aromatic N) is 2. The highest BCUT2D eigenvalue weighted by Crippen LogP contribution is 2.19. The van der Waals surface area contributed by atoms with Gasteiger partial charge in [-0.05, 0) is 18.2 Å². The van der Waals surface area contributed by atoms with E-state index in [4.69, 9.17) is 4.74 Å². The highest BCUT2D eigenvalue weighted by molar-refractivity contribution is 5.91. The van der Waals surface area contributed by atoms with E-state index in [2.05, 4.69) is 5.32 Å². The molecule has 1 N–H and O–H groups in total. The summed E-state index contributed by atoms with van der Waals surface area (Å²) in [5.41, 5.74) is 0.150.